The van der Waals surface area contributed by atoms with Gasteiger partial charge in [-0.3, -0.25) is 4.90 Å². The number of hydrogen-bond acceptors (Lipinski definition) is 8. The molecule has 0 radical (unpaired) electrons. The molecule has 2 spiro atoms. The van der Waals surface area contributed by atoms with Gasteiger partial charge < -0.3 is 34.1 Å². The standard InChI is InChI=1S/C43H72N2O6/c1-9-48-36(38(5,6)47)28-24-27(2)33-34(50-28)35(46)40(8)30-11-10-29-37(3,4)31(12-13-42(29)26-43(30,42)15-14-39(33,40)7)51-32-25-45(22-23-49-32)41-16-19-44(20-17-41)21-18-41/h27-36,46-47H,9-26H2,1-8H3/t27-,28?,29+,30?,31+,32+,33+,34?,35+,36+,39-,40-,42-,43+/m1/s1. The van der Waals surface area contributed by atoms with E-state index in [1.54, 1.807) is 0 Å². The molecule has 0 amide bonds. The zero-order chi connectivity index (χ0) is 36.0. The Balaban J connectivity index is 0.932. The number of hydrogen-bond donors (Lipinski definition) is 2. The molecule has 5 aliphatic carbocycles. The van der Waals surface area contributed by atoms with Gasteiger partial charge in [-0.2, -0.15) is 0 Å². The van der Waals surface area contributed by atoms with E-state index in [4.69, 9.17) is 18.9 Å². The van der Waals surface area contributed by atoms with E-state index in [0.717, 1.165) is 32.5 Å². The lowest BCUT2D eigenvalue weighted by molar-refractivity contribution is -0.258. The van der Waals surface area contributed by atoms with E-state index in [2.05, 4.69) is 44.4 Å². The molecule has 5 saturated carbocycles. The monoisotopic (exact) mass is 713 g/mol. The van der Waals surface area contributed by atoms with Gasteiger partial charge in [-0.25, -0.2) is 0 Å². The average Bonchev–Trinajstić information content (AvgIpc) is 3.73. The second-order valence-corrected chi connectivity index (χ2v) is 21.3. The number of morpholine rings is 1. The van der Waals surface area contributed by atoms with Gasteiger partial charge in [0.25, 0.3) is 0 Å². The van der Waals surface area contributed by atoms with Crippen molar-refractivity contribution in [3.8, 4) is 0 Å². The van der Waals surface area contributed by atoms with E-state index in [0.29, 0.717) is 46.6 Å². The Labute approximate surface area is 309 Å². The van der Waals surface area contributed by atoms with Crippen molar-refractivity contribution in [2.24, 2.45) is 50.7 Å². The fourth-order valence-electron chi connectivity index (χ4n) is 16.3. The lowest BCUT2D eigenvalue weighted by Gasteiger charge is -2.64. The van der Waals surface area contributed by atoms with Gasteiger partial charge in [-0.15, -0.1) is 0 Å². The summed E-state index contributed by atoms with van der Waals surface area (Å²) in [7, 11) is 0. The summed E-state index contributed by atoms with van der Waals surface area (Å²) >= 11 is 0. The largest absolute Gasteiger partial charge is 0.390 e. The van der Waals surface area contributed by atoms with Crippen LogP contribution in [0.25, 0.3) is 0 Å². The molecule has 10 fully saturated rings. The molecule has 0 aromatic carbocycles. The molecule has 14 atom stereocenters. The summed E-state index contributed by atoms with van der Waals surface area (Å²) < 4.78 is 26.7. The van der Waals surface area contributed by atoms with Crippen LogP contribution in [0.4, 0.5) is 0 Å². The van der Waals surface area contributed by atoms with E-state index in [9.17, 15) is 10.2 Å². The number of aliphatic hydroxyl groups excluding tert-OH is 1. The third kappa shape index (κ3) is 4.84. The minimum atomic E-state index is -1.01. The highest BCUT2D eigenvalue weighted by molar-refractivity contribution is 5.33. The quantitative estimate of drug-likeness (QED) is 0.321. The molecule has 8 nitrogen and oxygen atoms in total. The topological polar surface area (TPSA) is 83.9 Å². The number of fused-ring (bicyclic) bond motifs is 7. The molecule has 2 N–H and O–H groups in total. The van der Waals surface area contributed by atoms with Gasteiger partial charge in [0.05, 0.1) is 43.2 Å². The second kappa shape index (κ2) is 11.8. The summed E-state index contributed by atoms with van der Waals surface area (Å²) in [5.74, 6) is 1.87. The Morgan fingerprint density at radius 2 is 1.59 bits per heavy atom. The van der Waals surface area contributed by atoms with Crippen molar-refractivity contribution < 1.29 is 29.2 Å². The van der Waals surface area contributed by atoms with Crippen LogP contribution in [0.1, 0.15) is 126 Å². The smallest absolute Gasteiger partial charge is 0.170 e. The second-order valence-electron chi connectivity index (χ2n) is 21.3. The molecule has 10 aliphatic rings. The molecule has 8 heteroatoms. The number of ether oxygens (including phenoxy) is 4. The predicted molar refractivity (Wildman–Crippen MR) is 197 cm³/mol. The van der Waals surface area contributed by atoms with Crippen LogP contribution < -0.4 is 0 Å². The van der Waals surface area contributed by atoms with Crippen LogP contribution >= 0.6 is 0 Å². The van der Waals surface area contributed by atoms with Crippen LogP contribution in [0.15, 0.2) is 0 Å². The van der Waals surface area contributed by atoms with Crippen molar-refractivity contribution in [1.29, 1.82) is 0 Å². The van der Waals surface area contributed by atoms with Crippen LogP contribution in [-0.4, -0.2) is 114 Å². The summed E-state index contributed by atoms with van der Waals surface area (Å²) in [4.78, 5) is 5.42. The fraction of sp³-hybridized carbons (Fsp3) is 1.00. The molecular weight excluding hydrogens is 640 g/mol. The Morgan fingerprint density at radius 1 is 0.902 bits per heavy atom. The van der Waals surface area contributed by atoms with E-state index in [-0.39, 0.29) is 40.8 Å². The lowest BCUT2D eigenvalue weighted by atomic mass is 9.41. The molecular formula is C43H72N2O6. The predicted octanol–water partition coefficient (Wildman–Crippen LogP) is 6.26. The van der Waals surface area contributed by atoms with E-state index in [1.807, 2.05) is 20.8 Å². The van der Waals surface area contributed by atoms with Crippen LogP contribution in [0.3, 0.4) is 0 Å². The SMILES string of the molecule is CCO[C@@H](C1C[C@@H](C)[C@H]2C(O1)[C@H](O)[C@@]1(C)C3CC[C@H]4C(C)(C)[C@@H](O[C@H]5CN(C67CCN(CC6)CC7)CCO5)CC[C@@]45C[C@@]35CC[C@]21C)C(C)(C)O. The number of nitrogens with zero attached hydrogens (tertiary/aromatic N) is 2. The summed E-state index contributed by atoms with van der Waals surface area (Å²) in [5.41, 5.74) is -0.0432. The van der Waals surface area contributed by atoms with Crippen LogP contribution in [-0.2, 0) is 18.9 Å². The Morgan fingerprint density at radius 3 is 2.27 bits per heavy atom. The zero-order valence-electron chi connectivity index (χ0n) is 33.4. The Hall–Kier alpha value is -0.320. The highest BCUT2D eigenvalue weighted by Crippen LogP contribution is 2.89. The van der Waals surface area contributed by atoms with E-state index in [1.165, 1.54) is 77.4 Å². The molecule has 5 heterocycles. The Kier molecular flexibility index (Phi) is 8.44. The van der Waals surface area contributed by atoms with E-state index < -0.39 is 17.8 Å². The van der Waals surface area contributed by atoms with Crippen molar-refractivity contribution in [3.05, 3.63) is 0 Å². The Bertz CT molecular complexity index is 1330. The molecule has 51 heavy (non-hydrogen) atoms. The van der Waals surface area contributed by atoms with Crippen molar-refractivity contribution in [3.63, 3.8) is 0 Å². The molecule has 5 saturated heterocycles. The zero-order valence-corrected chi connectivity index (χ0v) is 33.4. The summed E-state index contributed by atoms with van der Waals surface area (Å²) in [6, 6.07) is 0. The van der Waals surface area contributed by atoms with Gasteiger partial charge in [0.1, 0.15) is 6.10 Å². The first-order valence-electron chi connectivity index (χ1n) is 21.5. The summed E-state index contributed by atoms with van der Waals surface area (Å²) in [5, 5.41) is 23.8. The average molecular weight is 713 g/mol. The van der Waals surface area contributed by atoms with Gasteiger partial charge in [0.15, 0.2) is 6.29 Å². The molecule has 2 bridgehead atoms. The summed E-state index contributed by atoms with van der Waals surface area (Å²) in [6.45, 7) is 25.2. The van der Waals surface area contributed by atoms with Gasteiger partial charge in [-0.1, -0.05) is 34.6 Å². The first kappa shape index (κ1) is 36.3. The molecule has 5 aliphatic heterocycles. The normalized spacial score (nSPS) is 55.2. The molecule has 3 unspecified atom stereocenters. The molecule has 290 valence electrons. The molecule has 10 rings (SSSR count). The number of aliphatic hydroxyl groups is 2. The maximum absolute atomic E-state index is 12.7. The third-order valence-corrected chi connectivity index (χ3v) is 18.8. The van der Waals surface area contributed by atoms with Gasteiger partial charge >= 0.3 is 0 Å². The van der Waals surface area contributed by atoms with Gasteiger partial charge in [-0.05, 0) is 156 Å². The van der Waals surface area contributed by atoms with Crippen LogP contribution in [0, 0.1) is 50.7 Å². The first-order valence-corrected chi connectivity index (χ1v) is 21.5. The van der Waals surface area contributed by atoms with Crippen LogP contribution in [0.5, 0.6) is 0 Å². The number of rotatable bonds is 7. The van der Waals surface area contributed by atoms with Crippen molar-refractivity contribution in [1.82, 2.24) is 9.80 Å². The van der Waals surface area contributed by atoms with E-state index >= 15 is 0 Å². The maximum Gasteiger partial charge on any atom is 0.170 e. The third-order valence-electron chi connectivity index (χ3n) is 18.8. The van der Waals surface area contributed by atoms with Crippen molar-refractivity contribution >= 4 is 0 Å². The minimum absolute atomic E-state index is 0.0261. The highest BCUT2D eigenvalue weighted by Gasteiger charge is 2.84. The minimum Gasteiger partial charge on any atom is -0.390 e. The lowest BCUT2D eigenvalue weighted by Crippen LogP contribution is -2.65. The van der Waals surface area contributed by atoms with Crippen LogP contribution in [0.2, 0.25) is 0 Å². The highest BCUT2D eigenvalue weighted by atomic mass is 16.7. The fourth-order valence-corrected chi connectivity index (χ4v) is 16.3. The van der Waals surface area contributed by atoms with Crippen molar-refractivity contribution in [2.45, 2.75) is 174 Å². The van der Waals surface area contributed by atoms with Gasteiger partial charge in [0, 0.05) is 24.1 Å². The van der Waals surface area contributed by atoms with Gasteiger partial charge in [0.2, 0.25) is 0 Å². The summed E-state index contributed by atoms with van der Waals surface area (Å²) in [6.07, 6.45) is 12.1. The maximum atomic E-state index is 12.7. The number of piperidine rings is 3. The molecule has 0 aromatic rings. The molecule has 0 aromatic heterocycles. The first-order chi connectivity index (χ1) is 24.1. The van der Waals surface area contributed by atoms with Crippen molar-refractivity contribution in [2.75, 3.05) is 45.9 Å².